The predicted molar refractivity (Wildman–Crippen MR) is 73.9 cm³/mol. The van der Waals surface area contributed by atoms with Gasteiger partial charge in [0.2, 0.25) is 0 Å². The molecule has 0 aromatic heterocycles. The van der Waals surface area contributed by atoms with Gasteiger partial charge in [0.25, 0.3) is 5.91 Å². The van der Waals surface area contributed by atoms with Crippen LogP contribution in [0.4, 0.5) is 0 Å². The second-order valence-electron chi connectivity index (χ2n) is 2.77. The van der Waals surface area contributed by atoms with Gasteiger partial charge in [-0.2, -0.15) is 0 Å². The van der Waals surface area contributed by atoms with Crippen LogP contribution in [-0.4, -0.2) is 29.2 Å². The van der Waals surface area contributed by atoms with Gasteiger partial charge in [0.05, 0.1) is 12.7 Å². The fourth-order valence-electron chi connectivity index (χ4n) is 1.13. The third kappa shape index (κ3) is 3.09. The van der Waals surface area contributed by atoms with E-state index in [9.17, 15) is 4.79 Å². The van der Waals surface area contributed by atoms with E-state index in [2.05, 4.69) is 15.9 Å². The maximum Gasteiger partial charge on any atom is 0.275 e. The molecule has 0 aliphatic rings. The van der Waals surface area contributed by atoms with Gasteiger partial charge in [-0.25, -0.2) is 3.71 Å². The van der Waals surface area contributed by atoms with Gasteiger partial charge in [-0.3, -0.25) is 4.79 Å². The van der Waals surface area contributed by atoms with Crippen molar-refractivity contribution < 1.29 is 9.53 Å². The first-order valence-electron chi connectivity index (χ1n) is 4.40. The summed E-state index contributed by atoms with van der Waals surface area (Å²) < 4.78 is 7.44. The van der Waals surface area contributed by atoms with Gasteiger partial charge in [0, 0.05) is 17.0 Å². The number of amides is 1. The molecule has 88 valence electrons. The Kier molecular flexibility index (Phi) is 5.51. The van der Waals surface area contributed by atoms with Gasteiger partial charge >= 0.3 is 0 Å². The molecule has 0 saturated carbocycles. The summed E-state index contributed by atoms with van der Waals surface area (Å²) in [6, 6.07) is 5.31. The molecule has 1 rings (SSSR count). The lowest BCUT2D eigenvalue weighted by Gasteiger charge is -2.16. The van der Waals surface area contributed by atoms with Crippen LogP contribution in [-0.2, 0) is 0 Å². The summed E-state index contributed by atoms with van der Waals surface area (Å²) >= 11 is 6.14. The van der Waals surface area contributed by atoms with Crippen molar-refractivity contribution in [3.63, 3.8) is 0 Å². The number of carbonyl (C=O) groups excluding carboxylic acids is 1. The fraction of sp³-hybridized carbons (Fsp3) is 0.300. The molecule has 0 spiro atoms. The Labute approximate surface area is 112 Å². The van der Waals surface area contributed by atoms with E-state index in [1.54, 1.807) is 29.0 Å². The number of benzene rings is 1. The lowest BCUT2D eigenvalue weighted by Crippen LogP contribution is -2.17. The van der Waals surface area contributed by atoms with Crippen LogP contribution in [0.2, 0.25) is 0 Å². The second-order valence-corrected chi connectivity index (χ2v) is 5.32. The van der Waals surface area contributed by atoms with E-state index in [-0.39, 0.29) is 5.91 Å². The predicted octanol–water partition coefficient (Wildman–Crippen LogP) is 3.46. The molecule has 16 heavy (non-hydrogen) atoms. The number of ether oxygens (including phenoxy) is 1. The van der Waals surface area contributed by atoms with Gasteiger partial charge in [0.1, 0.15) is 5.75 Å². The van der Waals surface area contributed by atoms with Crippen molar-refractivity contribution in [3.05, 3.63) is 28.2 Å². The van der Waals surface area contributed by atoms with Crippen molar-refractivity contribution >= 4 is 45.7 Å². The summed E-state index contributed by atoms with van der Waals surface area (Å²) in [5.74, 6) is 0.692. The zero-order valence-corrected chi connectivity index (χ0v) is 12.4. The molecular formula is C10H12BrNO2S2. The zero-order valence-electron chi connectivity index (χ0n) is 9.19. The number of nitrogens with zero attached hydrogens (tertiary/aromatic N) is 1. The monoisotopic (exact) mass is 321 g/mol. The molecule has 1 aromatic rings. The lowest BCUT2D eigenvalue weighted by atomic mass is 10.2. The van der Waals surface area contributed by atoms with Gasteiger partial charge in [-0.15, -0.1) is 0 Å². The molecule has 0 N–H and O–H groups in total. The molecule has 3 nitrogen and oxygen atoms in total. The molecule has 6 heteroatoms. The third-order valence-electron chi connectivity index (χ3n) is 1.90. The molecule has 0 aliphatic heterocycles. The highest BCUT2D eigenvalue weighted by atomic mass is 79.9. The molecule has 0 radical (unpaired) electrons. The number of halogens is 1. The first-order valence-corrected chi connectivity index (χ1v) is 7.56. The van der Waals surface area contributed by atoms with Crippen molar-refractivity contribution in [3.8, 4) is 5.75 Å². The summed E-state index contributed by atoms with van der Waals surface area (Å²) in [6.07, 6.45) is 3.73. The minimum atomic E-state index is -0.0328. The van der Waals surface area contributed by atoms with E-state index < -0.39 is 0 Å². The molecule has 0 unspecified atom stereocenters. The van der Waals surface area contributed by atoms with Gasteiger partial charge in [0.15, 0.2) is 0 Å². The van der Waals surface area contributed by atoms with E-state index in [4.69, 9.17) is 4.74 Å². The topological polar surface area (TPSA) is 29.5 Å². The maximum absolute atomic E-state index is 12.0. The highest BCUT2D eigenvalue weighted by Gasteiger charge is 2.17. The number of hydrogen-bond donors (Lipinski definition) is 0. The average molecular weight is 322 g/mol. The highest BCUT2D eigenvalue weighted by Crippen LogP contribution is 2.27. The molecule has 0 saturated heterocycles. The summed E-state index contributed by atoms with van der Waals surface area (Å²) in [6.45, 7) is 0. The number of carbonyl (C=O) groups is 1. The smallest absolute Gasteiger partial charge is 0.275 e. The summed E-state index contributed by atoms with van der Waals surface area (Å²) in [5, 5.41) is 0. The van der Waals surface area contributed by atoms with Crippen molar-refractivity contribution in [2.24, 2.45) is 0 Å². The van der Waals surface area contributed by atoms with E-state index in [1.807, 2.05) is 12.5 Å². The highest BCUT2D eigenvalue weighted by molar-refractivity contribution is 9.10. The molecular weight excluding hydrogens is 310 g/mol. The number of rotatable bonds is 4. The van der Waals surface area contributed by atoms with Crippen LogP contribution in [0.3, 0.4) is 0 Å². The molecule has 0 atom stereocenters. The van der Waals surface area contributed by atoms with Crippen LogP contribution >= 0.6 is 39.8 Å². The van der Waals surface area contributed by atoms with Crippen LogP contribution in [0.1, 0.15) is 10.4 Å². The Morgan fingerprint density at radius 2 is 2.00 bits per heavy atom. The average Bonchev–Trinajstić information content (AvgIpc) is 2.30. The molecule has 0 fully saturated rings. The third-order valence-corrected chi connectivity index (χ3v) is 4.45. The Morgan fingerprint density at radius 3 is 2.44 bits per heavy atom. The molecule has 1 amide bonds. The van der Waals surface area contributed by atoms with Crippen LogP contribution in [0.25, 0.3) is 0 Å². The van der Waals surface area contributed by atoms with Crippen molar-refractivity contribution in [2.45, 2.75) is 0 Å². The molecule has 1 aromatic carbocycles. The van der Waals surface area contributed by atoms with Crippen LogP contribution in [0.5, 0.6) is 5.75 Å². The maximum atomic E-state index is 12.0. The SMILES string of the molecule is COc1ccc(C(=O)N(SC)SC)c(Br)c1. The first-order chi connectivity index (χ1) is 7.63. The normalized spacial score (nSPS) is 10.0. The van der Waals surface area contributed by atoms with Gasteiger partial charge in [-0.1, -0.05) is 0 Å². The second kappa shape index (κ2) is 6.42. The van der Waals surface area contributed by atoms with E-state index in [0.717, 1.165) is 10.2 Å². The molecule has 0 bridgehead atoms. The van der Waals surface area contributed by atoms with Gasteiger partial charge < -0.3 is 4.74 Å². The fourth-order valence-corrected chi connectivity index (χ4v) is 2.79. The Bertz CT molecular complexity index is 383. The number of hydrogen-bond acceptors (Lipinski definition) is 4. The van der Waals surface area contributed by atoms with E-state index in [1.165, 1.54) is 23.9 Å². The quantitative estimate of drug-likeness (QED) is 0.794. The van der Waals surface area contributed by atoms with Crippen molar-refractivity contribution in [1.82, 2.24) is 3.71 Å². The summed E-state index contributed by atoms with van der Waals surface area (Å²) in [7, 11) is 1.60. The van der Waals surface area contributed by atoms with E-state index in [0.29, 0.717) is 5.56 Å². The first kappa shape index (κ1) is 13.7. The Balaban J connectivity index is 3.00. The minimum absolute atomic E-state index is 0.0328. The molecule has 0 aliphatic carbocycles. The number of methoxy groups -OCH3 is 1. The lowest BCUT2D eigenvalue weighted by molar-refractivity contribution is 0.0933. The van der Waals surface area contributed by atoms with Crippen LogP contribution < -0.4 is 4.74 Å². The minimum Gasteiger partial charge on any atom is -0.497 e. The molecule has 0 heterocycles. The zero-order chi connectivity index (χ0) is 12.1. The van der Waals surface area contributed by atoms with Crippen LogP contribution in [0.15, 0.2) is 22.7 Å². The van der Waals surface area contributed by atoms with Crippen molar-refractivity contribution in [1.29, 1.82) is 0 Å². The summed E-state index contributed by atoms with van der Waals surface area (Å²) in [5.41, 5.74) is 0.629. The van der Waals surface area contributed by atoms with Crippen molar-refractivity contribution in [2.75, 3.05) is 19.6 Å². The van der Waals surface area contributed by atoms with Gasteiger partial charge in [-0.05, 0) is 58.0 Å². The Morgan fingerprint density at radius 1 is 1.38 bits per heavy atom. The van der Waals surface area contributed by atoms with E-state index >= 15 is 0 Å². The van der Waals surface area contributed by atoms with Crippen LogP contribution in [0, 0.1) is 0 Å². The largest absolute Gasteiger partial charge is 0.497 e. The standard InChI is InChI=1S/C10H12BrNO2S2/c1-14-7-4-5-8(9(11)6-7)10(13)12(15-2)16-3/h4-6H,1-3H3. The summed E-state index contributed by atoms with van der Waals surface area (Å²) in [4.78, 5) is 12.0. The Hall–Kier alpha value is -0.330.